The summed E-state index contributed by atoms with van der Waals surface area (Å²) in [5, 5.41) is 15.4. The van der Waals surface area contributed by atoms with Crippen molar-refractivity contribution in [2.45, 2.75) is 37.4 Å². The molecule has 2 saturated heterocycles. The molecule has 174 valence electrons. The first-order chi connectivity index (χ1) is 15.8. The number of hydrogen-bond donors (Lipinski definition) is 2. The number of aromatic nitrogens is 3. The number of rotatable bonds is 5. The molecule has 3 N–H and O–H groups in total. The third kappa shape index (κ3) is 3.83. The topological polar surface area (TPSA) is 105 Å². The molecule has 2 aliphatic heterocycles. The molecule has 4 unspecified atom stereocenters. The van der Waals surface area contributed by atoms with Gasteiger partial charge in [0.05, 0.1) is 24.4 Å². The maximum absolute atomic E-state index is 13.9. The van der Waals surface area contributed by atoms with Gasteiger partial charge in [0.25, 0.3) is 0 Å². The number of nitrogens with zero attached hydrogens (tertiary/aromatic N) is 3. The zero-order valence-corrected chi connectivity index (χ0v) is 19.1. The highest BCUT2D eigenvalue weighted by Gasteiger charge is 2.56. The van der Waals surface area contributed by atoms with Crippen LogP contribution in [0.3, 0.4) is 0 Å². The molecule has 8 nitrogen and oxygen atoms in total. The third-order valence-electron chi connectivity index (χ3n) is 6.03. The van der Waals surface area contributed by atoms with E-state index in [4.69, 9.17) is 43.1 Å². The van der Waals surface area contributed by atoms with Crippen LogP contribution in [0.25, 0.3) is 11.1 Å². The Hall–Kier alpha value is -2.43. The van der Waals surface area contributed by atoms with E-state index >= 15 is 0 Å². The fourth-order valence-electron chi connectivity index (χ4n) is 4.27. The van der Waals surface area contributed by atoms with E-state index < -0.39 is 23.8 Å². The normalized spacial score (nSPS) is 25.2. The molecule has 0 spiro atoms. The van der Waals surface area contributed by atoms with E-state index in [0.717, 1.165) is 5.56 Å². The SMILES string of the molecule is CC(Oc1cc(-c2cnn(C3COC4CCOC43O)c2)cnc1N)c1c(Cl)ccc(F)c1Cl. The molecule has 4 atom stereocenters. The Bertz CT molecular complexity index is 1210. The lowest BCUT2D eigenvalue weighted by Gasteiger charge is -2.26. The van der Waals surface area contributed by atoms with Crippen LogP contribution in [0.15, 0.2) is 36.8 Å². The zero-order valence-electron chi connectivity index (χ0n) is 17.5. The first-order valence-corrected chi connectivity index (χ1v) is 11.1. The van der Waals surface area contributed by atoms with Crippen LogP contribution in [0.2, 0.25) is 10.0 Å². The second kappa shape index (κ2) is 8.41. The van der Waals surface area contributed by atoms with Crippen LogP contribution in [0, 0.1) is 5.82 Å². The van der Waals surface area contributed by atoms with Crippen LogP contribution in [-0.2, 0) is 9.47 Å². The molecule has 3 aromatic rings. The number of aliphatic hydroxyl groups is 1. The Morgan fingerprint density at radius 1 is 1.33 bits per heavy atom. The summed E-state index contributed by atoms with van der Waals surface area (Å²) in [5.41, 5.74) is 7.75. The molecule has 2 aliphatic rings. The van der Waals surface area contributed by atoms with Gasteiger partial charge in [0.2, 0.25) is 5.79 Å². The molecular weight excluding hydrogens is 474 g/mol. The smallest absolute Gasteiger partial charge is 0.217 e. The minimum Gasteiger partial charge on any atom is -0.482 e. The predicted molar refractivity (Wildman–Crippen MR) is 120 cm³/mol. The maximum Gasteiger partial charge on any atom is 0.217 e. The highest BCUT2D eigenvalue weighted by Crippen LogP contribution is 2.42. The second-order valence-electron chi connectivity index (χ2n) is 8.06. The van der Waals surface area contributed by atoms with E-state index in [1.807, 2.05) is 0 Å². The van der Waals surface area contributed by atoms with Gasteiger partial charge < -0.3 is 25.1 Å². The molecule has 0 radical (unpaired) electrons. The highest BCUT2D eigenvalue weighted by atomic mass is 35.5. The van der Waals surface area contributed by atoms with Crippen LogP contribution in [0.5, 0.6) is 5.75 Å². The lowest BCUT2D eigenvalue weighted by atomic mass is 10.1. The van der Waals surface area contributed by atoms with Crippen molar-refractivity contribution in [3.63, 3.8) is 0 Å². The number of fused-ring (bicyclic) bond motifs is 1. The van der Waals surface area contributed by atoms with Crippen molar-refractivity contribution >= 4 is 29.0 Å². The molecule has 2 aromatic heterocycles. The number of ether oxygens (including phenoxy) is 3. The average molecular weight is 495 g/mol. The van der Waals surface area contributed by atoms with Gasteiger partial charge in [-0.25, -0.2) is 9.37 Å². The standard InChI is InChI=1S/C22H21Cl2FN4O4/c1-11(19-14(23)2-3-15(25)20(19)24)33-16-6-12(7-27-21(16)26)13-8-28-29(9-13)17-10-31-18-4-5-32-22(17,18)30/h2-3,6-9,11,17-18,30H,4-5,10H2,1H3,(H2,26,27). The Kier molecular flexibility index (Phi) is 5.70. The third-order valence-corrected chi connectivity index (χ3v) is 6.75. The lowest BCUT2D eigenvalue weighted by Crippen LogP contribution is -2.42. The number of halogens is 3. The number of anilines is 1. The Balaban J connectivity index is 1.41. The molecule has 4 heterocycles. The van der Waals surface area contributed by atoms with E-state index in [-0.39, 0.29) is 27.7 Å². The van der Waals surface area contributed by atoms with E-state index in [9.17, 15) is 9.50 Å². The van der Waals surface area contributed by atoms with Crippen molar-refractivity contribution in [2.24, 2.45) is 0 Å². The minimum atomic E-state index is -1.39. The van der Waals surface area contributed by atoms with Crippen LogP contribution < -0.4 is 10.5 Å². The van der Waals surface area contributed by atoms with Crippen LogP contribution in [0.4, 0.5) is 10.2 Å². The van der Waals surface area contributed by atoms with Crippen molar-refractivity contribution in [2.75, 3.05) is 18.9 Å². The van der Waals surface area contributed by atoms with E-state index in [0.29, 0.717) is 30.8 Å². The fourth-order valence-corrected chi connectivity index (χ4v) is 4.94. The van der Waals surface area contributed by atoms with Crippen LogP contribution in [0.1, 0.15) is 31.1 Å². The summed E-state index contributed by atoms with van der Waals surface area (Å²) in [6.07, 6.45) is 4.59. The van der Waals surface area contributed by atoms with Gasteiger partial charge in [-0.05, 0) is 25.1 Å². The van der Waals surface area contributed by atoms with Gasteiger partial charge in [-0.15, -0.1) is 0 Å². The molecule has 0 amide bonds. The van der Waals surface area contributed by atoms with Gasteiger partial charge >= 0.3 is 0 Å². The Labute approximate surface area is 199 Å². The van der Waals surface area contributed by atoms with Crippen molar-refractivity contribution < 1.29 is 23.7 Å². The maximum atomic E-state index is 13.9. The zero-order chi connectivity index (χ0) is 23.3. The summed E-state index contributed by atoms with van der Waals surface area (Å²) < 4.78 is 32.8. The van der Waals surface area contributed by atoms with Gasteiger partial charge in [-0.3, -0.25) is 4.68 Å². The number of hydrogen-bond acceptors (Lipinski definition) is 7. The number of nitrogen functional groups attached to an aromatic ring is 1. The summed E-state index contributed by atoms with van der Waals surface area (Å²) >= 11 is 12.3. The Morgan fingerprint density at radius 3 is 2.97 bits per heavy atom. The van der Waals surface area contributed by atoms with E-state index in [1.54, 1.807) is 36.3 Å². The highest BCUT2D eigenvalue weighted by molar-refractivity contribution is 6.36. The van der Waals surface area contributed by atoms with E-state index in [1.165, 1.54) is 12.1 Å². The molecule has 0 aliphatic carbocycles. The summed E-state index contributed by atoms with van der Waals surface area (Å²) in [5.74, 6) is -1.55. The first-order valence-electron chi connectivity index (χ1n) is 10.4. The minimum absolute atomic E-state index is 0.108. The molecule has 0 saturated carbocycles. The van der Waals surface area contributed by atoms with Crippen molar-refractivity contribution in [3.05, 3.63) is 58.2 Å². The van der Waals surface area contributed by atoms with E-state index in [2.05, 4.69) is 10.1 Å². The predicted octanol–water partition coefficient (Wildman–Crippen LogP) is 4.16. The van der Waals surface area contributed by atoms with Crippen molar-refractivity contribution in [3.8, 4) is 16.9 Å². The number of benzene rings is 1. The summed E-state index contributed by atoms with van der Waals surface area (Å²) in [6.45, 7) is 2.42. The monoisotopic (exact) mass is 494 g/mol. The van der Waals surface area contributed by atoms with Gasteiger partial charge in [-0.2, -0.15) is 5.10 Å². The number of pyridine rings is 1. The quantitative estimate of drug-likeness (QED) is 0.513. The second-order valence-corrected chi connectivity index (χ2v) is 8.85. The van der Waals surface area contributed by atoms with Crippen molar-refractivity contribution in [1.82, 2.24) is 14.8 Å². The van der Waals surface area contributed by atoms with Crippen LogP contribution in [-0.4, -0.2) is 45.0 Å². The molecule has 11 heteroatoms. The first kappa shape index (κ1) is 22.4. The molecule has 5 rings (SSSR count). The van der Waals surface area contributed by atoms with Gasteiger partial charge in [0.15, 0.2) is 11.6 Å². The van der Waals surface area contributed by atoms with Crippen LogP contribution >= 0.6 is 23.2 Å². The summed E-state index contributed by atoms with van der Waals surface area (Å²) in [7, 11) is 0. The molecule has 2 fully saturated rings. The van der Waals surface area contributed by atoms with Gasteiger partial charge in [0, 0.05) is 40.5 Å². The lowest BCUT2D eigenvalue weighted by molar-refractivity contribution is -0.204. The van der Waals surface area contributed by atoms with Gasteiger partial charge in [-0.1, -0.05) is 23.2 Å². The molecule has 33 heavy (non-hydrogen) atoms. The average Bonchev–Trinajstić information content (AvgIpc) is 3.47. The van der Waals surface area contributed by atoms with Crippen molar-refractivity contribution in [1.29, 1.82) is 0 Å². The molecular formula is C22H21Cl2FN4O4. The number of nitrogens with two attached hydrogens (primary N) is 1. The molecule has 1 aromatic carbocycles. The fraction of sp³-hybridized carbons (Fsp3) is 0.364. The Morgan fingerprint density at radius 2 is 2.15 bits per heavy atom. The van der Waals surface area contributed by atoms with Gasteiger partial charge in [0.1, 0.15) is 24.1 Å². The summed E-state index contributed by atoms with van der Waals surface area (Å²) in [4.78, 5) is 4.22. The molecule has 0 bridgehead atoms. The summed E-state index contributed by atoms with van der Waals surface area (Å²) in [6, 6.07) is 3.85. The largest absolute Gasteiger partial charge is 0.482 e.